The van der Waals surface area contributed by atoms with Crippen LogP contribution >= 0.6 is 0 Å². The van der Waals surface area contributed by atoms with Crippen LogP contribution < -0.4 is 0 Å². The minimum absolute atomic E-state index is 0.202. The summed E-state index contributed by atoms with van der Waals surface area (Å²) in [5.74, 6) is 0.895. The summed E-state index contributed by atoms with van der Waals surface area (Å²) in [6.45, 7) is 0.598. The molecular formula is C15H17N3O4S. The van der Waals surface area contributed by atoms with E-state index < -0.39 is 9.84 Å². The van der Waals surface area contributed by atoms with Crippen LogP contribution in [0.15, 0.2) is 29.2 Å². The Morgan fingerprint density at radius 2 is 2.13 bits per heavy atom. The molecule has 23 heavy (non-hydrogen) atoms. The number of hydrogen-bond donors (Lipinski definition) is 0. The Balaban J connectivity index is 1.96. The average Bonchev–Trinajstić information content (AvgIpc) is 2.96. The number of sulfone groups is 1. The molecule has 0 saturated heterocycles. The highest BCUT2D eigenvalue weighted by Gasteiger charge is 2.28. The molecule has 8 heteroatoms. The molecule has 1 aliphatic rings. The molecule has 0 fully saturated rings. The molecule has 0 amide bonds. The van der Waals surface area contributed by atoms with E-state index in [2.05, 4.69) is 10.2 Å². The van der Waals surface area contributed by atoms with Crippen molar-refractivity contribution >= 4 is 15.8 Å². The molecule has 2 aromatic rings. The van der Waals surface area contributed by atoms with Gasteiger partial charge in [-0.05, 0) is 18.6 Å². The van der Waals surface area contributed by atoms with Crippen LogP contribution in [0.3, 0.4) is 0 Å². The molecule has 7 nitrogen and oxygen atoms in total. The van der Waals surface area contributed by atoms with Crippen LogP contribution in [0.2, 0.25) is 0 Å². The zero-order valence-electron chi connectivity index (χ0n) is 12.9. The summed E-state index contributed by atoms with van der Waals surface area (Å²) in [6, 6.07) is 6.64. The van der Waals surface area contributed by atoms with Gasteiger partial charge >= 0.3 is 5.97 Å². The van der Waals surface area contributed by atoms with E-state index >= 15 is 0 Å². The van der Waals surface area contributed by atoms with E-state index in [9.17, 15) is 13.2 Å². The topological polar surface area (TPSA) is 91.2 Å². The smallest absolute Gasteiger partial charge is 0.309 e. The molecule has 2 heterocycles. The van der Waals surface area contributed by atoms with Gasteiger partial charge in [0, 0.05) is 24.8 Å². The highest BCUT2D eigenvalue weighted by atomic mass is 32.2. The molecule has 0 bridgehead atoms. The summed E-state index contributed by atoms with van der Waals surface area (Å²) in [4.78, 5) is 11.9. The number of carbonyl (C=O) groups is 1. The lowest BCUT2D eigenvalue weighted by atomic mass is 9.98. The maximum atomic E-state index is 11.7. The SMILES string of the molecule is COC(=O)C1CCn2c(nnc2-c2cccc(S(C)(=O)=O)c2)C1. The lowest BCUT2D eigenvalue weighted by Crippen LogP contribution is -2.27. The summed E-state index contributed by atoms with van der Waals surface area (Å²) in [5, 5.41) is 8.32. The van der Waals surface area contributed by atoms with Crippen molar-refractivity contribution in [1.82, 2.24) is 14.8 Å². The van der Waals surface area contributed by atoms with Crippen LogP contribution in [0.4, 0.5) is 0 Å². The van der Waals surface area contributed by atoms with Gasteiger partial charge in [-0.1, -0.05) is 12.1 Å². The van der Waals surface area contributed by atoms with Gasteiger partial charge < -0.3 is 9.30 Å². The fraction of sp³-hybridized carbons (Fsp3) is 0.400. The third kappa shape index (κ3) is 2.98. The number of fused-ring (bicyclic) bond motifs is 1. The Morgan fingerprint density at radius 3 is 2.83 bits per heavy atom. The molecule has 0 N–H and O–H groups in total. The van der Waals surface area contributed by atoms with Gasteiger partial charge in [-0.15, -0.1) is 10.2 Å². The number of benzene rings is 1. The van der Waals surface area contributed by atoms with Gasteiger partial charge in [-0.2, -0.15) is 0 Å². The van der Waals surface area contributed by atoms with Crippen LogP contribution in [-0.2, 0) is 32.3 Å². The number of methoxy groups -OCH3 is 1. The zero-order chi connectivity index (χ0) is 16.6. The summed E-state index contributed by atoms with van der Waals surface area (Å²) in [7, 11) is -1.90. The van der Waals surface area contributed by atoms with E-state index in [-0.39, 0.29) is 16.8 Å². The highest BCUT2D eigenvalue weighted by molar-refractivity contribution is 7.90. The first kappa shape index (κ1) is 15.7. The number of rotatable bonds is 3. The second-order valence-electron chi connectivity index (χ2n) is 5.60. The minimum atomic E-state index is -3.28. The standard InChI is InChI=1S/C15H17N3O4S/c1-22-15(19)11-6-7-18-13(9-11)16-17-14(18)10-4-3-5-12(8-10)23(2,20)21/h3-5,8,11H,6-7,9H2,1-2H3. The Hall–Kier alpha value is -2.22. The molecule has 1 unspecified atom stereocenters. The van der Waals surface area contributed by atoms with E-state index in [1.165, 1.54) is 13.4 Å². The lowest BCUT2D eigenvalue weighted by molar-refractivity contribution is -0.146. The van der Waals surface area contributed by atoms with E-state index in [0.29, 0.717) is 36.6 Å². The molecule has 122 valence electrons. The number of hydrogen-bond acceptors (Lipinski definition) is 6. The molecule has 0 spiro atoms. The fourth-order valence-electron chi connectivity index (χ4n) is 2.78. The van der Waals surface area contributed by atoms with Crippen molar-refractivity contribution < 1.29 is 17.9 Å². The van der Waals surface area contributed by atoms with Gasteiger partial charge in [0.2, 0.25) is 0 Å². The summed E-state index contributed by atoms with van der Waals surface area (Å²) in [5.41, 5.74) is 0.697. The maximum Gasteiger partial charge on any atom is 0.309 e. The van der Waals surface area contributed by atoms with Crippen molar-refractivity contribution in [3.8, 4) is 11.4 Å². The van der Waals surface area contributed by atoms with Crippen LogP contribution in [0, 0.1) is 5.92 Å². The summed E-state index contributed by atoms with van der Waals surface area (Å²) < 4.78 is 30.1. The first-order valence-corrected chi connectivity index (χ1v) is 9.09. The van der Waals surface area contributed by atoms with Gasteiger partial charge in [-0.3, -0.25) is 4.79 Å². The van der Waals surface area contributed by atoms with Gasteiger partial charge in [0.1, 0.15) is 5.82 Å². The molecule has 1 atom stereocenters. The number of esters is 1. The number of carbonyl (C=O) groups excluding carboxylic acids is 1. The Labute approximate surface area is 134 Å². The van der Waals surface area contributed by atoms with Gasteiger partial charge in [0.05, 0.1) is 17.9 Å². The van der Waals surface area contributed by atoms with E-state index in [1.54, 1.807) is 24.3 Å². The zero-order valence-corrected chi connectivity index (χ0v) is 13.7. The molecule has 3 rings (SSSR count). The van der Waals surface area contributed by atoms with Crippen molar-refractivity contribution in [3.05, 3.63) is 30.1 Å². The van der Waals surface area contributed by atoms with Crippen LogP contribution in [0.5, 0.6) is 0 Å². The molecular weight excluding hydrogens is 318 g/mol. The van der Waals surface area contributed by atoms with Crippen molar-refractivity contribution in [3.63, 3.8) is 0 Å². The number of nitrogens with zero attached hydrogens (tertiary/aromatic N) is 3. The molecule has 1 aromatic heterocycles. The molecule has 1 aromatic carbocycles. The second-order valence-corrected chi connectivity index (χ2v) is 7.62. The summed E-state index contributed by atoms with van der Waals surface area (Å²) >= 11 is 0. The Kier molecular flexibility index (Phi) is 3.93. The van der Waals surface area contributed by atoms with E-state index in [4.69, 9.17) is 4.74 Å². The quantitative estimate of drug-likeness (QED) is 0.780. The van der Waals surface area contributed by atoms with Crippen molar-refractivity contribution in [2.45, 2.75) is 24.3 Å². The van der Waals surface area contributed by atoms with Crippen LogP contribution in [0.1, 0.15) is 12.2 Å². The molecule has 0 aliphatic carbocycles. The molecule has 0 radical (unpaired) electrons. The number of aromatic nitrogens is 3. The largest absolute Gasteiger partial charge is 0.469 e. The predicted octanol–water partition coefficient (Wildman–Crippen LogP) is 1.08. The van der Waals surface area contributed by atoms with Crippen LogP contribution in [0.25, 0.3) is 11.4 Å². The Morgan fingerprint density at radius 1 is 1.35 bits per heavy atom. The lowest BCUT2D eigenvalue weighted by Gasteiger charge is -2.21. The normalized spacial score (nSPS) is 17.6. The van der Waals surface area contributed by atoms with Crippen molar-refractivity contribution in [2.24, 2.45) is 5.92 Å². The monoisotopic (exact) mass is 335 g/mol. The summed E-state index contributed by atoms with van der Waals surface area (Å²) in [6.07, 6.45) is 2.30. The van der Waals surface area contributed by atoms with Gasteiger partial charge in [-0.25, -0.2) is 8.42 Å². The average molecular weight is 335 g/mol. The fourth-order valence-corrected chi connectivity index (χ4v) is 3.44. The molecule has 1 aliphatic heterocycles. The van der Waals surface area contributed by atoms with Crippen LogP contribution in [-0.4, -0.2) is 42.5 Å². The first-order valence-electron chi connectivity index (χ1n) is 7.20. The highest BCUT2D eigenvalue weighted by Crippen LogP contribution is 2.27. The first-order chi connectivity index (χ1) is 10.9. The third-order valence-electron chi connectivity index (χ3n) is 4.01. The minimum Gasteiger partial charge on any atom is -0.469 e. The van der Waals surface area contributed by atoms with Crippen molar-refractivity contribution in [1.29, 1.82) is 0 Å². The number of ether oxygens (including phenoxy) is 1. The van der Waals surface area contributed by atoms with E-state index in [0.717, 1.165) is 0 Å². The molecule has 0 saturated carbocycles. The second kappa shape index (κ2) is 5.77. The predicted molar refractivity (Wildman–Crippen MR) is 82.4 cm³/mol. The Bertz CT molecular complexity index is 857. The maximum absolute atomic E-state index is 11.7. The van der Waals surface area contributed by atoms with E-state index in [1.807, 2.05) is 4.57 Å². The van der Waals surface area contributed by atoms with Gasteiger partial charge in [0.15, 0.2) is 15.7 Å². The van der Waals surface area contributed by atoms with Gasteiger partial charge in [0.25, 0.3) is 0 Å². The third-order valence-corrected chi connectivity index (χ3v) is 5.12. The van der Waals surface area contributed by atoms with Crippen molar-refractivity contribution in [2.75, 3.05) is 13.4 Å².